The molecule has 1 heterocycles. The van der Waals surface area contributed by atoms with E-state index in [0.29, 0.717) is 15.8 Å². The van der Waals surface area contributed by atoms with Crippen LogP contribution in [-0.2, 0) is 7.05 Å². The third kappa shape index (κ3) is 3.83. The fourth-order valence-electron chi connectivity index (χ4n) is 1.99. The molecule has 0 aliphatic heterocycles. The summed E-state index contributed by atoms with van der Waals surface area (Å²) in [7, 11) is 1.74. The maximum absolute atomic E-state index is 12.2. The van der Waals surface area contributed by atoms with Crippen molar-refractivity contribution in [2.75, 3.05) is 0 Å². The van der Waals surface area contributed by atoms with Gasteiger partial charge in [0.25, 0.3) is 5.69 Å². The van der Waals surface area contributed by atoms with E-state index in [2.05, 4.69) is 10.2 Å². The first-order valence-corrected chi connectivity index (χ1v) is 7.94. The summed E-state index contributed by atoms with van der Waals surface area (Å²) >= 11 is 1.10. The molecule has 0 unspecified atom stereocenters. The second-order valence-corrected chi connectivity index (χ2v) is 5.98. The van der Waals surface area contributed by atoms with Gasteiger partial charge < -0.3 is 9.30 Å². The van der Waals surface area contributed by atoms with Gasteiger partial charge in [-0.2, -0.15) is 0 Å². The zero-order valence-electron chi connectivity index (χ0n) is 13.0. The van der Waals surface area contributed by atoms with Crippen molar-refractivity contribution in [2.45, 2.75) is 10.1 Å². The number of carbonyl (C=O) groups is 1. The smallest absolute Gasteiger partial charge is 0.343 e. The average molecular weight is 356 g/mol. The number of aromatic nitrogens is 3. The van der Waals surface area contributed by atoms with E-state index < -0.39 is 10.9 Å². The van der Waals surface area contributed by atoms with Crippen LogP contribution in [0.15, 0.2) is 64.9 Å². The Hall–Kier alpha value is -3.20. The summed E-state index contributed by atoms with van der Waals surface area (Å²) in [5.74, 6) is -0.294. The van der Waals surface area contributed by atoms with Gasteiger partial charge in [0.15, 0.2) is 5.16 Å². The molecule has 0 aliphatic carbocycles. The van der Waals surface area contributed by atoms with Gasteiger partial charge in [-0.1, -0.05) is 18.2 Å². The maximum Gasteiger partial charge on any atom is 0.343 e. The Morgan fingerprint density at radius 1 is 1.24 bits per heavy atom. The van der Waals surface area contributed by atoms with Crippen molar-refractivity contribution in [3.05, 3.63) is 70.5 Å². The molecule has 0 N–H and O–H groups in total. The van der Waals surface area contributed by atoms with E-state index in [0.717, 1.165) is 11.8 Å². The highest BCUT2D eigenvalue weighted by Crippen LogP contribution is 2.34. The number of esters is 1. The second kappa shape index (κ2) is 7.14. The number of benzene rings is 2. The third-order valence-electron chi connectivity index (χ3n) is 3.22. The highest BCUT2D eigenvalue weighted by molar-refractivity contribution is 7.99. The normalized spacial score (nSPS) is 10.4. The molecule has 0 atom stereocenters. The number of hydrogen-bond acceptors (Lipinski definition) is 7. The molecule has 0 bridgehead atoms. The number of carbonyl (C=O) groups excluding carboxylic acids is 1. The van der Waals surface area contributed by atoms with E-state index in [9.17, 15) is 14.9 Å². The van der Waals surface area contributed by atoms with Gasteiger partial charge >= 0.3 is 5.97 Å². The topological polar surface area (TPSA) is 100 Å². The zero-order valence-corrected chi connectivity index (χ0v) is 13.8. The molecule has 126 valence electrons. The Labute approximate surface area is 146 Å². The van der Waals surface area contributed by atoms with Crippen LogP contribution >= 0.6 is 11.8 Å². The van der Waals surface area contributed by atoms with Crippen LogP contribution in [0, 0.1) is 10.1 Å². The van der Waals surface area contributed by atoms with Crippen LogP contribution < -0.4 is 4.74 Å². The number of para-hydroxylation sites is 1. The van der Waals surface area contributed by atoms with Crippen LogP contribution in [-0.4, -0.2) is 25.7 Å². The molecule has 3 rings (SSSR count). The van der Waals surface area contributed by atoms with Crippen molar-refractivity contribution in [2.24, 2.45) is 7.05 Å². The monoisotopic (exact) mass is 356 g/mol. The van der Waals surface area contributed by atoms with Crippen LogP contribution in [0.25, 0.3) is 0 Å². The minimum Gasteiger partial charge on any atom is -0.423 e. The highest BCUT2D eigenvalue weighted by atomic mass is 32.2. The lowest BCUT2D eigenvalue weighted by Gasteiger charge is -2.06. The summed E-state index contributed by atoms with van der Waals surface area (Å²) in [4.78, 5) is 23.4. The highest BCUT2D eigenvalue weighted by Gasteiger charge is 2.20. The minimum atomic E-state index is -0.662. The molecule has 3 aromatic rings. The SMILES string of the molecule is Cn1cnnc1Sc1ccc(C(=O)Oc2ccccc2)cc1[N+](=O)[O-]. The zero-order chi connectivity index (χ0) is 17.8. The molecule has 0 radical (unpaired) electrons. The van der Waals surface area contributed by atoms with Gasteiger partial charge in [0.05, 0.1) is 15.4 Å². The van der Waals surface area contributed by atoms with Gasteiger partial charge in [-0.3, -0.25) is 10.1 Å². The van der Waals surface area contributed by atoms with Crippen LogP contribution in [0.4, 0.5) is 5.69 Å². The summed E-state index contributed by atoms with van der Waals surface area (Å²) < 4.78 is 6.85. The summed E-state index contributed by atoms with van der Waals surface area (Å²) in [6.45, 7) is 0. The summed E-state index contributed by atoms with van der Waals surface area (Å²) in [6.07, 6.45) is 1.50. The standard InChI is InChI=1S/C16H12N4O4S/c1-19-10-17-18-16(19)25-14-8-7-11(9-13(14)20(22)23)15(21)24-12-5-3-2-4-6-12/h2-10H,1H3. The Balaban J connectivity index is 1.87. The Kier molecular flexibility index (Phi) is 4.75. The Morgan fingerprint density at radius 2 is 2.00 bits per heavy atom. The van der Waals surface area contributed by atoms with Crippen LogP contribution in [0.3, 0.4) is 0 Å². The first-order valence-electron chi connectivity index (χ1n) is 7.12. The van der Waals surface area contributed by atoms with E-state index in [1.54, 1.807) is 41.9 Å². The molecule has 25 heavy (non-hydrogen) atoms. The van der Waals surface area contributed by atoms with E-state index in [-0.39, 0.29) is 11.3 Å². The molecule has 0 amide bonds. The molecule has 8 nitrogen and oxygen atoms in total. The number of nitrogens with zero attached hydrogens (tertiary/aromatic N) is 4. The second-order valence-electron chi connectivity index (χ2n) is 4.97. The summed E-state index contributed by atoms with van der Waals surface area (Å²) in [6, 6.07) is 12.7. The Morgan fingerprint density at radius 3 is 2.64 bits per heavy atom. The number of rotatable bonds is 5. The molecule has 0 saturated carbocycles. The lowest BCUT2D eigenvalue weighted by atomic mass is 10.2. The number of nitro groups is 1. The van der Waals surface area contributed by atoms with Gasteiger partial charge in [0, 0.05) is 13.1 Å². The van der Waals surface area contributed by atoms with Gasteiger partial charge in [0.2, 0.25) is 0 Å². The molecule has 9 heteroatoms. The van der Waals surface area contributed by atoms with Gasteiger partial charge in [-0.05, 0) is 36.0 Å². The average Bonchev–Trinajstić information content (AvgIpc) is 3.00. The van der Waals surface area contributed by atoms with Gasteiger partial charge in [0.1, 0.15) is 12.1 Å². The largest absolute Gasteiger partial charge is 0.423 e. The van der Waals surface area contributed by atoms with Gasteiger partial charge in [-0.15, -0.1) is 10.2 Å². The fraction of sp³-hybridized carbons (Fsp3) is 0.0625. The molecule has 0 fully saturated rings. The van der Waals surface area contributed by atoms with Crippen LogP contribution in [0.1, 0.15) is 10.4 Å². The van der Waals surface area contributed by atoms with E-state index in [4.69, 9.17) is 4.74 Å². The van der Waals surface area contributed by atoms with Crippen molar-refractivity contribution in [1.82, 2.24) is 14.8 Å². The first-order chi connectivity index (χ1) is 12.0. The minimum absolute atomic E-state index is 0.0952. The van der Waals surface area contributed by atoms with Gasteiger partial charge in [-0.25, -0.2) is 4.79 Å². The lowest BCUT2D eigenvalue weighted by Crippen LogP contribution is -2.09. The van der Waals surface area contributed by atoms with Crippen molar-refractivity contribution in [1.29, 1.82) is 0 Å². The first kappa shape index (κ1) is 16.7. The van der Waals surface area contributed by atoms with E-state index >= 15 is 0 Å². The molecule has 1 aromatic heterocycles. The molecular weight excluding hydrogens is 344 g/mol. The quantitative estimate of drug-likeness (QED) is 0.300. The predicted molar refractivity (Wildman–Crippen MR) is 89.6 cm³/mol. The lowest BCUT2D eigenvalue weighted by molar-refractivity contribution is -0.387. The number of ether oxygens (including phenoxy) is 1. The number of nitro benzene ring substituents is 1. The molecule has 0 spiro atoms. The predicted octanol–water partition coefficient (Wildman–Crippen LogP) is 3.09. The molecule has 2 aromatic carbocycles. The van der Waals surface area contributed by atoms with Crippen molar-refractivity contribution in [3.8, 4) is 5.75 Å². The molecule has 0 aliphatic rings. The molecular formula is C16H12N4O4S. The Bertz CT molecular complexity index is 927. The number of aryl methyl sites for hydroxylation is 1. The van der Waals surface area contributed by atoms with Crippen molar-refractivity contribution >= 4 is 23.4 Å². The van der Waals surface area contributed by atoms with E-state index in [1.807, 2.05) is 0 Å². The van der Waals surface area contributed by atoms with Crippen molar-refractivity contribution in [3.63, 3.8) is 0 Å². The summed E-state index contributed by atoms with van der Waals surface area (Å²) in [5, 5.41) is 19.5. The fourth-order valence-corrected chi connectivity index (χ4v) is 2.84. The third-order valence-corrected chi connectivity index (χ3v) is 4.33. The number of hydrogen-bond donors (Lipinski definition) is 0. The van der Waals surface area contributed by atoms with Crippen LogP contribution in [0.2, 0.25) is 0 Å². The van der Waals surface area contributed by atoms with Crippen LogP contribution in [0.5, 0.6) is 5.75 Å². The maximum atomic E-state index is 12.2. The van der Waals surface area contributed by atoms with Crippen molar-refractivity contribution < 1.29 is 14.5 Å². The summed E-state index contributed by atoms with van der Waals surface area (Å²) in [5.41, 5.74) is -0.103. The van der Waals surface area contributed by atoms with E-state index in [1.165, 1.54) is 24.5 Å². The molecule has 0 saturated heterocycles.